The summed E-state index contributed by atoms with van der Waals surface area (Å²) < 4.78 is 1.42. The van der Waals surface area contributed by atoms with Gasteiger partial charge in [-0.15, -0.1) is 10.2 Å². The molecule has 0 aromatic carbocycles. The summed E-state index contributed by atoms with van der Waals surface area (Å²) in [6.07, 6.45) is 1.65. The van der Waals surface area contributed by atoms with E-state index in [9.17, 15) is 9.59 Å². The van der Waals surface area contributed by atoms with E-state index in [1.54, 1.807) is 30.3 Å². The van der Waals surface area contributed by atoms with Gasteiger partial charge in [-0.05, 0) is 24.3 Å². The van der Waals surface area contributed by atoms with Gasteiger partial charge in [-0.2, -0.15) is 0 Å². The molecule has 8 nitrogen and oxygen atoms in total. The molecule has 8 heteroatoms. The average molecular weight is 342 g/mol. The minimum absolute atomic E-state index is 0.213. The van der Waals surface area contributed by atoms with Crippen LogP contribution in [0.25, 0.3) is 0 Å². The van der Waals surface area contributed by atoms with Gasteiger partial charge in [0.25, 0.3) is 11.5 Å². The molecule has 3 heterocycles. The molecule has 0 unspecified atom stereocenters. The van der Waals surface area contributed by atoms with Crippen molar-refractivity contribution in [2.75, 3.05) is 50.1 Å². The van der Waals surface area contributed by atoms with Crippen LogP contribution in [0.15, 0.2) is 35.3 Å². The average Bonchev–Trinajstić information content (AvgIpc) is 2.64. The normalized spacial score (nSPS) is 14.5. The van der Waals surface area contributed by atoms with E-state index in [1.807, 2.05) is 31.1 Å². The lowest BCUT2D eigenvalue weighted by Crippen LogP contribution is -2.50. The van der Waals surface area contributed by atoms with Crippen molar-refractivity contribution >= 4 is 17.5 Å². The number of rotatable bonds is 3. The number of pyridine rings is 1. The van der Waals surface area contributed by atoms with Gasteiger partial charge < -0.3 is 19.3 Å². The van der Waals surface area contributed by atoms with E-state index < -0.39 is 0 Å². The number of carbonyl (C=O) groups excluding carboxylic acids is 1. The second-order valence-corrected chi connectivity index (χ2v) is 6.26. The summed E-state index contributed by atoms with van der Waals surface area (Å²) in [7, 11) is 5.48. The van der Waals surface area contributed by atoms with Gasteiger partial charge >= 0.3 is 0 Å². The lowest BCUT2D eigenvalue weighted by Gasteiger charge is -2.35. The minimum atomic E-state index is -0.264. The van der Waals surface area contributed by atoms with Crippen molar-refractivity contribution in [3.63, 3.8) is 0 Å². The Hall–Kier alpha value is -2.90. The van der Waals surface area contributed by atoms with Gasteiger partial charge in [0.05, 0.1) is 0 Å². The number of nitrogens with zero attached hydrogens (tertiary/aromatic N) is 6. The molecule has 1 saturated heterocycles. The second-order valence-electron chi connectivity index (χ2n) is 6.26. The first-order chi connectivity index (χ1) is 12.0. The maximum atomic E-state index is 12.6. The first-order valence-corrected chi connectivity index (χ1v) is 8.18. The van der Waals surface area contributed by atoms with E-state index in [2.05, 4.69) is 15.1 Å². The minimum Gasteiger partial charge on any atom is -0.361 e. The van der Waals surface area contributed by atoms with Crippen molar-refractivity contribution in [2.45, 2.75) is 0 Å². The molecule has 0 spiro atoms. The highest BCUT2D eigenvalue weighted by Crippen LogP contribution is 2.16. The van der Waals surface area contributed by atoms with Gasteiger partial charge in [0.1, 0.15) is 5.56 Å². The van der Waals surface area contributed by atoms with Gasteiger partial charge in [0.2, 0.25) is 0 Å². The zero-order valence-electron chi connectivity index (χ0n) is 14.7. The van der Waals surface area contributed by atoms with E-state index in [0.717, 1.165) is 11.6 Å². The van der Waals surface area contributed by atoms with Crippen molar-refractivity contribution in [3.8, 4) is 0 Å². The van der Waals surface area contributed by atoms with Crippen molar-refractivity contribution < 1.29 is 4.79 Å². The lowest BCUT2D eigenvalue weighted by molar-refractivity contribution is 0.0744. The lowest BCUT2D eigenvalue weighted by atomic mass is 10.2. The molecule has 1 aliphatic heterocycles. The molecule has 0 N–H and O–H groups in total. The van der Waals surface area contributed by atoms with Crippen LogP contribution in [0, 0.1) is 0 Å². The Kier molecular flexibility index (Phi) is 4.69. The number of amides is 1. The summed E-state index contributed by atoms with van der Waals surface area (Å²) >= 11 is 0. The Morgan fingerprint density at radius 3 is 2.40 bits per heavy atom. The molecule has 0 saturated carbocycles. The summed E-state index contributed by atoms with van der Waals surface area (Å²) in [5.74, 6) is 1.39. The number of hydrogen-bond acceptors (Lipinski definition) is 6. The quantitative estimate of drug-likeness (QED) is 0.793. The summed E-state index contributed by atoms with van der Waals surface area (Å²) in [6.45, 7) is 2.42. The fourth-order valence-electron chi connectivity index (χ4n) is 2.79. The first kappa shape index (κ1) is 16.9. The molecule has 1 amide bonds. The topological polar surface area (TPSA) is 74.6 Å². The van der Waals surface area contributed by atoms with Crippen LogP contribution in [-0.2, 0) is 7.05 Å². The largest absolute Gasteiger partial charge is 0.361 e. The number of anilines is 2. The maximum Gasteiger partial charge on any atom is 0.263 e. The fraction of sp³-hybridized carbons (Fsp3) is 0.412. The first-order valence-electron chi connectivity index (χ1n) is 8.18. The second kappa shape index (κ2) is 6.92. The molecule has 2 aromatic rings. The number of aromatic nitrogens is 3. The monoisotopic (exact) mass is 342 g/mol. The molecule has 2 aromatic heterocycles. The van der Waals surface area contributed by atoms with E-state index >= 15 is 0 Å². The molecule has 132 valence electrons. The van der Waals surface area contributed by atoms with E-state index in [4.69, 9.17) is 0 Å². The van der Waals surface area contributed by atoms with Crippen LogP contribution in [0.3, 0.4) is 0 Å². The number of hydrogen-bond donors (Lipinski definition) is 0. The molecular formula is C17H22N6O2. The number of carbonyl (C=O) groups is 1. The van der Waals surface area contributed by atoms with Crippen LogP contribution in [0.2, 0.25) is 0 Å². The van der Waals surface area contributed by atoms with Crippen LogP contribution in [0.5, 0.6) is 0 Å². The van der Waals surface area contributed by atoms with Gasteiger partial charge in [0.15, 0.2) is 11.6 Å². The Balaban J connectivity index is 1.66. The van der Waals surface area contributed by atoms with Crippen molar-refractivity contribution in [3.05, 3.63) is 46.4 Å². The van der Waals surface area contributed by atoms with E-state index in [1.165, 1.54) is 4.57 Å². The highest BCUT2D eigenvalue weighted by molar-refractivity contribution is 5.94. The molecule has 1 aliphatic rings. The zero-order valence-corrected chi connectivity index (χ0v) is 14.7. The number of aryl methyl sites for hydroxylation is 1. The summed E-state index contributed by atoms with van der Waals surface area (Å²) in [5, 5.41) is 8.44. The zero-order chi connectivity index (χ0) is 18.0. The smallest absolute Gasteiger partial charge is 0.263 e. The molecule has 0 bridgehead atoms. The Morgan fingerprint density at radius 1 is 1.08 bits per heavy atom. The highest BCUT2D eigenvalue weighted by atomic mass is 16.2. The molecule has 25 heavy (non-hydrogen) atoms. The number of piperazine rings is 1. The van der Waals surface area contributed by atoms with Gasteiger partial charge in [0, 0.05) is 53.5 Å². The standard InChI is InChI=1S/C17H22N6O2/c1-20(2)14-6-7-15(19-18-14)22-9-11-23(12-10-22)17(25)13-5-4-8-21(3)16(13)24/h4-8H,9-12H2,1-3H3. The molecule has 3 rings (SSSR count). The van der Waals surface area contributed by atoms with E-state index in [-0.39, 0.29) is 17.0 Å². The van der Waals surface area contributed by atoms with E-state index in [0.29, 0.717) is 26.2 Å². The highest BCUT2D eigenvalue weighted by Gasteiger charge is 2.24. The third-order valence-electron chi connectivity index (χ3n) is 4.34. The van der Waals surface area contributed by atoms with Crippen molar-refractivity contribution in [2.24, 2.45) is 7.05 Å². The van der Waals surface area contributed by atoms with Crippen LogP contribution >= 0.6 is 0 Å². The van der Waals surface area contributed by atoms with Crippen LogP contribution in [0.1, 0.15) is 10.4 Å². The molecule has 0 aliphatic carbocycles. The Bertz CT molecular complexity index is 807. The van der Waals surface area contributed by atoms with Crippen LogP contribution in [0.4, 0.5) is 11.6 Å². The summed E-state index contributed by atoms with van der Waals surface area (Å²) in [4.78, 5) is 30.4. The van der Waals surface area contributed by atoms with Gasteiger partial charge in [-0.3, -0.25) is 9.59 Å². The van der Waals surface area contributed by atoms with Crippen molar-refractivity contribution in [1.82, 2.24) is 19.7 Å². The van der Waals surface area contributed by atoms with Crippen molar-refractivity contribution in [1.29, 1.82) is 0 Å². The van der Waals surface area contributed by atoms with Gasteiger partial charge in [-0.1, -0.05) is 0 Å². The van der Waals surface area contributed by atoms with Crippen LogP contribution in [-0.4, -0.2) is 65.8 Å². The predicted octanol–water partition coefficient (Wildman–Crippen LogP) is 0.204. The van der Waals surface area contributed by atoms with Crippen LogP contribution < -0.4 is 15.4 Å². The van der Waals surface area contributed by atoms with Gasteiger partial charge in [-0.25, -0.2) is 0 Å². The predicted molar refractivity (Wildman–Crippen MR) is 96.2 cm³/mol. The molecule has 0 radical (unpaired) electrons. The Morgan fingerprint density at radius 2 is 1.80 bits per heavy atom. The molecular weight excluding hydrogens is 320 g/mol. The summed E-state index contributed by atoms with van der Waals surface area (Å²) in [6, 6.07) is 7.16. The molecule has 1 fully saturated rings. The SMILES string of the molecule is CN(C)c1ccc(N2CCN(C(=O)c3cccn(C)c3=O)CC2)nn1. The third kappa shape index (κ3) is 3.47. The fourth-order valence-corrected chi connectivity index (χ4v) is 2.79. The summed E-state index contributed by atoms with van der Waals surface area (Å²) in [5.41, 5.74) is -0.0475. The Labute approximate surface area is 146 Å². The third-order valence-corrected chi connectivity index (χ3v) is 4.34. The maximum absolute atomic E-state index is 12.6. The molecule has 0 atom stereocenters.